The van der Waals surface area contributed by atoms with Gasteiger partial charge in [-0.05, 0) is 31.4 Å². The van der Waals surface area contributed by atoms with E-state index in [0.29, 0.717) is 24.9 Å². The van der Waals surface area contributed by atoms with Gasteiger partial charge in [-0.25, -0.2) is 4.79 Å². The molecule has 1 aromatic rings. The lowest BCUT2D eigenvalue weighted by Crippen LogP contribution is -2.58. The molecular formula is C22H34N6O7. The van der Waals surface area contributed by atoms with Crippen LogP contribution in [-0.2, 0) is 30.4 Å². The fourth-order valence-electron chi connectivity index (χ4n) is 3.13. The van der Waals surface area contributed by atoms with E-state index in [1.807, 2.05) is 0 Å². The number of nitrogens with two attached hydrogens (primary N) is 3. The summed E-state index contributed by atoms with van der Waals surface area (Å²) in [5.41, 5.74) is 16.8. The molecule has 1 rings (SSSR count). The highest BCUT2D eigenvalue weighted by Crippen LogP contribution is 2.07. The summed E-state index contributed by atoms with van der Waals surface area (Å²) >= 11 is 0. The average molecular weight is 495 g/mol. The first-order chi connectivity index (χ1) is 16.6. The van der Waals surface area contributed by atoms with Crippen molar-refractivity contribution in [1.29, 1.82) is 0 Å². The quantitative estimate of drug-likeness (QED) is 0.110. The number of nitrogens with one attached hydrogen (secondary N) is 3. The average Bonchev–Trinajstić information content (AvgIpc) is 2.82. The summed E-state index contributed by atoms with van der Waals surface area (Å²) in [5.74, 6) is -4.71. The third kappa shape index (κ3) is 10.9. The molecule has 0 aliphatic rings. The summed E-state index contributed by atoms with van der Waals surface area (Å²) in [6.07, 6.45) is 0.537. The van der Waals surface area contributed by atoms with Crippen molar-refractivity contribution in [3.63, 3.8) is 0 Å². The third-order valence-corrected chi connectivity index (χ3v) is 5.05. The van der Waals surface area contributed by atoms with Gasteiger partial charge in [-0.15, -0.1) is 0 Å². The second kappa shape index (κ2) is 15.4. The minimum Gasteiger partial charge on any atom is -0.480 e. The topological polar surface area (TPSA) is 240 Å². The summed E-state index contributed by atoms with van der Waals surface area (Å²) in [5, 5.41) is 25.7. The number of primary amides is 1. The van der Waals surface area contributed by atoms with Crippen LogP contribution in [0.4, 0.5) is 0 Å². The van der Waals surface area contributed by atoms with Crippen molar-refractivity contribution in [3.8, 4) is 0 Å². The molecule has 4 unspecified atom stereocenters. The predicted octanol–water partition coefficient (Wildman–Crippen LogP) is -2.91. The van der Waals surface area contributed by atoms with Gasteiger partial charge in [-0.1, -0.05) is 30.3 Å². The molecule has 0 aliphatic carbocycles. The van der Waals surface area contributed by atoms with Crippen LogP contribution in [-0.4, -0.2) is 77.1 Å². The molecule has 0 bridgehead atoms. The highest BCUT2D eigenvalue weighted by molar-refractivity contribution is 5.96. The first kappa shape index (κ1) is 29.5. The molecule has 4 atom stereocenters. The van der Waals surface area contributed by atoms with E-state index in [-0.39, 0.29) is 12.8 Å². The molecule has 1 aromatic carbocycles. The van der Waals surface area contributed by atoms with Crippen LogP contribution in [0.1, 0.15) is 31.2 Å². The smallest absolute Gasteiger partial charge is 0.326 e. The fraction of sp³-hybridized carbons (Fsp3) is 0.500. The largest absolute Gasteiger partial charge is 0.480 e. The molecule has 0 spiro atoms. The number of amides is 4. The number of hydrogen-bond acceptors (Lipinski definition) is 8. The molecule has 13 nitrogen and oxygen atoms in total. The molecule has 194 valence electrons. The maximum atomic E-state index is 12.9. The van der Waals surface area contributed by atoms with Crippen molar-refractivity contribution < 1.29 is 34.2 Å². The molecule has 0 saturated heterocycles. The Labute approximate surface area is 202 Å². The summed E-state index contributed by atoms with van der Waals surface area (Å²) in [7, 11) is 0. The second-order valence-electron chi connectivity index (χ2n) is 7.96. The standard InChI is InChI=1S/C22H34N6O7/c23-9-5-4-8-15(20(32)28-17(22(34)35)10-13-6-2-1-3-7-13)26-21(33)16(11-18(25)30)27-19(31)14(24)12-29/h1-3,6-7,14-17,29H,4-5,8-12,23-24H2,(H2,25,30)(H,26,33)(H,27,31)(H,28,32)(H,34,35). The highest BCUT2D eigenvalue weighted by Gasteiger charge is 2.31. The summed E-state index contributed by atoms with van der Waals surface area (Å²) in [6, 6.07) is 3.46. The van der Waals surface area contributed by atoms with Gasteiger partial charge in [0.25, 0.3) is 0 Å². The first-order valence-corrected chi connectivity index (χ1v) is 11.1. The minimum absolute atomic E-state index is 0.0186. The third-order valence-electron chi connectivity index (χ3n) is 5.05. The number of carbonyl (C=O) groups excluding carboxylic acids is 4. The summed E-state index contributed by atoms with van der Waals surface area (Å²) < 4.78 is 0. The zero-order chi connectivity index (χ0) is 26.4. The summed E-state index contributed by atoms with van der Waals surface area (Å²) in [4.78, 5) is 60.9. The van der Waals surface area contributed by atoms with Crippen molar-refractivity contribution in [2.24, 2.45) is 17.2 Å². The van der Waals surface area contributed by atoms with E-state index in [0.717, 1.165) is 0 Å². The van der Waals surface area contributed by atoms with E-state index in [9.17, 15) is 29.1 Å². The Morgan fingerprint density at radius 3 is 1.97 bits per heavy atom. The van der Waals surface area contributed by atoms with Crippen molar-refractivity contribution in [1.82, 2.24) is 16.0 Å². The van der Waals surface area contributed by atoms with Crippen LogP contribution in [0.2, 0.25) is 0 Å². The highest BCUT2D eigenvalue weighted by atomic mass is 16.4. The molecule has 35 heavy (non-hydrogen) atoms. The molecular weight excluding hydrogens is 460 g/mol. The Morgan fingerprint density at radius 1 is 0.857 bits per heavy atom. The van der Waals surface area contributed by atoms with Gasteiger partial charge in [0.1, 0.15) is 24.2 Å². The number of benzene rings is 1. The van der Waals surface area contributed by atoms with E-state index in [4.69, 9.17) is 22.3 Å². The number of carboxylic acid groups (broad SMARTS) is 1. The van der Waals surface area contributed by atoms with Gasteiger partial charge in [-0.2, -0.15) is 0 Å². The number of aliphatic hydroxyl groups excluding tert-OH is 1. The van der Waals surface area contributed by atoms with Gasteiger partial charge < -0.3 is 43.4 Å². The lowest BCUT2D eigenvalue weighted by Gasteiger charge is -2.24. The number of rotatable bonds is 16. The van der Waals surface area contributed by atoms with Crippen molar-refractivity contribution in [2.45, 2.75) is 56.3 Å². The lowest BCUT2D eigenvalue weighted by molar-refractivity contribution is -0.142. The Morgan fingerprint density at radius 2 is 1.43 bits per heavy atom. The van der Waals surface area contributed by atoms with E-state index < -0.39 is 66.8 Å². The van der Waals surface area contributed by atoms with E-state index in [1.165, 1.54) is 0 Å². The van der Waals surface area contributed by atoms with Crippen LogP contribution < -0.4 is 33.2 Å². The Bertz CT molecular complexity index is 867. The van der Waals surface area contributed by atoms with Crippen LogP contribution in [0.5, 0.6) is 0 Å². The lowest BCUT2D eigenvalue weighted by atomic mass is 10.0. The molecule has 0 fully saturated rings. The van der Waals surface area contributed by atoms with Crippen LogP contribution in [0.15, 0.2) is 30.3 Å². The van der Waals surface area contributed by atoms with Crippen LogP contribution in [0.25, 0.3) is 0 Å². The van der Waals surface area contributed by atoms with Gasteiger partial charge in [0, 0.05) is 6.42 Å². The van der Waals surface area contributed by atoms with Crippen molar-refractivity contribution in [2.75, 3.05) is 13.2 Å². The number of carboxylic acids is 1. The molecule has 13 heteroatoms. The molecule has 0 aromatic heterocycles. The molecule has 11 N–H and O–H groups in total. The van der Waals surface area contributed by atoms with E-state index >= 15 is 0 Å². The minimum atomic E-state index is -1.46. The normalized spacial score (nSPS) is 14.1. The maximum Gasteiger partial charge on any atom is 0.326 e. The zero-order valence-corrected chi connectivity index (χ0v) is 19.3. The van der Waals surface area contributed by atoms with Gasteiger partial charge in [0.2, 0.25) is 23.6 Å². The number of carbonyl (C=O) groups is 5. The maximum absolute atomic E-state index is 12.9. The molecule has 0 saturated carbocycles. The van der Waals surface area contributed by atoms with Crippen LogP contribution in [0, 0.1) is 0 Å². The van der Waals surface area contributed by atoms with E-state index in [2.05, 4.69) is 16.0 Å². The number of hydrogen-bond donors (Lipinski definition) is 8. The molecule has 4 amide bonds. The van der Waals surface area contributed by atoms with Crippen molar-refractivity contribution in [3.05, 3.63) is 35.9 Å². The second-order valence-corrected chi connectivity index (χ2v) is 7.96. The predicted molar refractivity (Wildman–Crippen MR) is 125 cm³/mol. The SMILES string of the molecule is NCCCCC(NC(=O)C(CC(N)=O)NC(=O)C(N)CO)C(=O)NC(Cc1ccccc1)C(=O)O. The Balaban J connectivity index is 3.00. The molecule has 0 heterocycles. The van der Waals surface area contributed by atoms with Crippen LogP contribution in [0.3, 0.4) is 0 Å². The summed E-state index contributed by atoms with van der Waals surface area (Å²) in [6.45, 7) is -0.355. The van der Waals surface area contributed by atoms with Gasteiger partial charge in [0.05, 0.1) is 13.0 Å². The number of unbranched alkanes of at least 4 members (excludes halogenated alkanes) is 1. The van der Waals surface area contributed by atoms with Gasteiger partial charge in [-0.3, -0.25) is 19.2 Å². The fourth-order valence-corrected chi connectivity index (χ4v) is 3.13. The molecule has 0 aliphatic heterocycles. The first-order valence-electron chi connectivity index (χ1n) is 11.1. The Kier molecular flexibility index (Phi) is 12.9. The van der Waals surface area contributed by atoms with Crippen molar-refractivity contribution >= 4 is 29.6 Å². The van der Waals surface area contributed by atoms with Gasteiger partial charge >= 0.3 is 5.97 Å². The number of aliphatic carboxylic acids is 1. The zero-order valence-electron chi connectivity index (χ0n) is 19.3. The molecule has 0 radical (unpaired) electrons. The van der Waals surface area contributed by atoms with Gasteiger partial charge in [0.15, 0.2) is 0 Å². The van der Waals surface area contributed by atoms with Crippen LogP contribution >= 0.6 is 0 Å². The van der Waals surface area contributed by atoms with E-state index in [1.54, 1.807) is 30.3 Å². The number of aliphatic hydroxyl groups is 1. The Hall–Kier alpha value is -3.55. The monoisotopic (exact) mass is 494 g/mol.